The fourth-order valence-electron chi connectivity index (χ4n) is 3.62. The molecule has 2 saturated heterocycles. The van der Waals surface area contributed by atoms with Crippen molar-refractivity contribution in [3.8, 4) is 0 Å². The van der Waals surface area contributed by atoms with E-state index in [1.807, 2.05) is 24.5 Å². The summed E-state index contributed by atoms with van der Waals surface area (Å²) >= 11 is 0. The predicted molar refractivity (Wildman–Crippen MR) is 88.4 cm³/mol. The Morgan fingerprint density at radius 2 is 2.17 bits per heavy atom. The summed E-state index contributed by atoms with van der Waals surface area (Å²) in [7, 11) is -3.16. The number of likely N-dealkylation sites (tertiary alicyclic amines) is 1. The van der Waals surface area contributed by atoms with Gasteiger partial charge in [-0.3, -0.25) is 9.88 Å². The van der Waals surface area contributed by atoms with E-state index in [0.717, 1.165) is 45.3 Å². The highest BCUT2D eigenvalue weighted by atomic mass is 32.2. The fourth-order valence-corrected chi connectivity index (χ4v) is 4.11. The highest BCUT2D eigenvalue weighted by Crippen LogP contribution is 2.37. The van der Waals surface area contributed by atoms with Crippen LogP contribution in [0.25, 0.3) is 0 Å². The first-order valence-corrected chi connectivity index (χ1v) is 10.1. The van der Waals surface area contributed by atoms with Crippen molar-refractivity contribution in [3.63, 3.8) is 0 Å². The monoisotopic (exact) mass is 339 g/mol. The molecule has 3 heterocycles. The van der Waals surface area contributed by atoms with Gasteiger partial charge in [0.1, 0.15) is 0 Å². The van der Waals surface area contributed by atoms with Gasteiger partial charge in [0.15, 0.2) is 0 Å². The zero-order valence-electron chi connectivity index (χ0n) is 13.6. The predicted octanol–water partition coefficient (Wildman–Crippen LogP) is 1.14. The van der Waals surface area contributed by atoms with E-state index in [-0.39, 0.29) is 11.7 Å². The molecule has 2 aliphatic heterocycles. The molecule has 0 aromatic carbocycles. The van der Waals surface area contributed by atoms with Crippen LogP contribution in [0.1, 0.15) is 31.2 Å². The lowest BCUT2D eigenvalue weighted by atomic mass is 9.90. The van der Waals surface area contributed by atoms with Crippen LogP contribution in [0.3, 0.4) is 0 Å². The Bertz CT molecular complexity index is 623. The standard InChI is InChI=1S/C16H25N3O3S/c1-23(20,21)18-11-15-3-2-6-16(22-15)7-10-19(13-16)12-14-4-8-17-9-5-14/h4-5,8-9,15,18H,2-3,6-7,10-13H2,1H3/t15-,16+/m0/s1. The second kappa shape index (κ2) is 6.84. The molecule has 6 nitrogen and oxygen atoms in total. The van der Waals surface area contributed by atoms with E-state index in [4.69, 9.17) is 4.74 Å². The number of rotatable bonds is 5. The van der Waals surface area contributed by atoms with E-state index in [1.165, 1.54) is 11.8 Å². The van der Waals surface area contributed by atoms with Crippen molar-refractivity contribution in [1.82, 2.24) is 14.6 Å². The molecule has 0 radical (unpaired) electrons. The summed E-state index contributed by atoms with van der Waals surface area (Å²) < 4.78 is 31.4. The molecule has 7 heteroatoms. The Kier molecular flexibility index (Phi) is 5.01. The molecule has 2 atom stereocenters. The zero-order chi connectivity index (χ0) is 16.3. The smallest absolute Gasteiger partial charge is 0.208 e. The topological polar surface area (TPSA) is 71.5 Å². The minimum atomic E-state index is -3.16. The number of aromatic nitrogens is 1. The quantitative estimate of drug-likeness (QED) is 0.871. The van der Waals surface area contributed by atoms with Crippen LogP contribution < -0.4 is 4.72 Å². The summed E-state index contributed by atoms with van der Waals surface area (Å²) in [4.78, 5) is 6.47. The van der Waals surface area contributed by atoms with Gasteiger partial charge >= 0.3 is 0 Å². The lowest BCUT2D eigenvalue weighted by Gasteiger charge is -2.38. The Labute approximate surface area is 138 Å². The molecule has 0 aliphatic carbocycles. The van der Waals surface area contributed by atoms with Gasteiger partial charge in [0.05, 0.1) is 18.0 Å². The molecule has 1 N–H and O–H groups in total. The maximum atomic E-state index is 11.3. The zero-order valence-corrected chi connectivity index (χ0v) is 14.4. The van der Waals surface area contributed by atoms with Gasteiger partial charge in [0.2, 0.25) is 10.0 Å². The number of pyridine rings is 1. The summed E-state index contributed by atoms with van der Waals surface area (Å²) in [5.41, 5.74) is 1.16. The van der Waals surface area contributed by atoms with Gasteiger partial charge in [-0.25, -0.2) is 13.1 Å². The first kappa shape index (κ1) is 16.8. The first-order valence-electron chi connectivity index (χ1n) is 8.18. The van der Waals surface area contributed by atoms with Crippen LogP contribution >= 0.6 is 0 Å². The van der Waals surface area contributed by atoms with Crippen LogP contribution in [0.2, 0.25) is 0 Å². The molecule has 128 valence electrons. The van der Waals surface area contributed by atoms with Crippen molar-refractivity contribution in [2.24, 2.45) is 0 Å². The van der Waals surface area contributed by atoms with Crippen molar-refractivity contribution in [2.45, 2.75) is 43.9 Å². The lowest BCUT2D eigenvalue weighted by Crippen LogP contribution is -2.46. The molecule has 2 fully saturated rings. The van der Waals surface area contributed by atoms with Crippen LogP contribution in [0.5, 0.6) is 0 Å². The fraction of sp³-hybridized carbons (Fsp3) is 0.688. The van der Waals surface area contributed by atoms with E-state index >= 15 is 0 Å². The molecule has 1 aromatic rings. The molecule has 1 aromatic heterocycles. The Morgan fingerprint density at radius 1 is 1.39 bits per heavy atom. The van der Waals surface area contributed by atoms with Gasteiger partial charge in [0.25, 0.3) is 0 Å². The summed E-state index contributed by atoms with van der Waals surface area (Å²) in [6, 6.07) is 4.09. The number of nitrogens with zero attached hydrogens (tertiary/aromatic N) is 2. The Balaban J connectivity index is 1.55. The summed E-state index contributed by atoms with van der Waals surface area (Å²) in [5, 5.41) is 0. The lowest BCUT2D eigenvalue weighted by molar-refractivity contribution is -0.118. The van der Waals surface area contributed by atoms with Crippen LogP contribution in [-0.4, -0.2) is 55.9 Å². The third kappa shape index (κ3) is 4.73. The highest BCUT2D eigenvalue weighted by Gasteiger charge is 2.42. The number of sulfonamides is 1. The van der Waals surface area contributed by atoms with Gasteiger partial charge in [-0.05, 0) is 43.4 Å². The van der Waals surface area contributed by atoms with Gasteiger partial charge in [-0.15, -0.1) is 0 Å². The molecule has 23 heavy (non-hydrogen) atoms. The van der Waals surface area contributed by atoms with Gasteiger partial charge in [-0.1, -0.05) is 0 Å². The van der Waals surface area contributed by atoms with Gasteiger partial charge < -0.3 is 4.74 Å². The minimum Gasteiger partial charge on any atom is -0.369 e. The van der Waals surface area contributed by atoms with E-state index in [0.29, 0.717) is 6.54 Å². The first-order chi connectivity index (χ1) is 10.9. The van der Waals surface area contributed by atoms with Gasteiger partial charge in [0, 0.05) is 38.6 Å². The molecule has 0 saturated carbocycles. The average Bonchev–Trinajstić information content (AvgIpc) is 2.88. The molecular formula is C16H25N3O3S. The molecule has 2 aliphatic rings. The Hall–Kier alpha value is -1.02. The minimum absolute atomic E-state index is 0.0145. The number of hydrogen-bond acceptors (Lipinski definition) is 5. The second-order valence-electron chi connectivity index (χ2n) is 6.75. The number of nitrogens with one attached hydrogen (secondary N) is 1. The normalized spacial score (nSPS) is 29.2. The van der Waals surface area contributed by atoms with Crippen molar-refractivity contribution in [1.29, 1.82) is 0 Å². The number of hydrogen-bond donors (Lipinski definition) is 1. The number of ether oxygens (including phenoxy) is 1. The SMILES string of the molecule is CS(=O)(=O)NC[C@@H]1CCC[C@]2(CCN(Cc3ccncc3)C2)O1. The maximum absolute atomic E-state index is 11.3. The van der Waals surface area contributed by atoms with Crippen LogP contribution in [-0.2, 0) is 21.3 Å². The maximum Gasteiger partial charge on any atom is 0.208 e. The second-order valence-corrected chi connectivity index (χ2v) is 8.58. The highest BCUT2D eigenvalue weighted by molar-refractivity contribution is 7.88. The molecule has 0 amide bonds. The summed E-state index contributed by atoms with van der Waals surface area (Å²) in [6.07, 6.45) is 8.93. The molecule has 1 spiro atoms. The van der Waals surface area contributed by atoms with Crippen LogP contribution in [0, 0.1) is 0 Å². The van der Waals surface area contributed by atoms with Crippen molar-refractivity contribution in [3.05, 3.63) is 30.1 Å². The van der Waals surface area contributed by atoms with Gasteiger partial charge in [-0.2, -0.15) is 0 Å². The van der Waals surface area contributed by atoms with Crippen molar-refractivity contribution in [2.75, 3.05) is 25.9 Å². The largest absolute Gasteiger partial charge is 0.369 e. The van der Waals surface area contributed by atoms with Crippen LogP contribution in [0.4, 0.5) is 0 Å². The Morgan fingerprint density at radius 3 is 2.91 bits per heavy atom. The average molecular weight is 339 g/mol. The van der Waals surface area contributed by atoms with E-state index in [1.54, 1.807) is 0 Å². The van der Waals surface area contributed by atoms with Crippen molar-refractivity contribution >= 4 is 10.0 Å². The summed E-state index contributed by atoms with van der Waals surface area (Å²) in [5.74, 6) is 0. The summed E-state index contributed by atoms with van der Waals surface area (Å²) in [6.45, 7) is 3.24. The molecule has 0 bridgehead atoms. The molecule has 3 rings (SSSR count). The van der Waals surface area contributed by atoms with E-state index < -0.39 is 10.0 Å². The van der Waals surface area contributed by atoms with E-state index in [2.05, 4.69) is 14.6 Å². The third-order valence-electron chi connectivity index (χ3n) is 4.70. The molecular weight excluding hydrogens is 314 g/mol. The van der Waals surface area contributed by atoms with Crippen molar-refractivity contribution < 1.29 is 13.2 Å². The van der Waals surface area contributed by atoms with Crippen LogP contribution in [0.15, 0.2) is 24.5 Å². The third-order valence-corrected chi connectivity index (χ3v) is 5.39. The molecule has 0 unspecified atom stereocenters. The van der Waals surface area contributed by atoms with E-state index in [9.17, 15) is 8.42 Å².